The number of nitrogens with one attached hydrogen (secondary N) is 1. The van der Waals surface area contributed by atoms with Crippen molar-refractivity contribution in [1.82, 2.24) is 25.0 Å². The zero-order valence-corrected chi connectivity index (χ0v) is 16.0. The van der Waals surface area contributed by atoms with E-state index in [4.69, 9.17) is 0 Å². The molecule has 0 unspecified atom stereocenters. The van der Waals surface area contributed by atoms with Crippen LogP contribution in [0.1, 0.15) is 11.4 Å². The fourth-order valence-electron chi connectivity index (χ4n) is 2.13. The number of hydrogen-bond acceptors (Lipinski definition) is 3. The third-order valence-electron chi connectivity index (χ3n) is 2.99. The number of aromatic nitrogens is 3. The van der Waals surface area contributed by atoms with Crippen LogP contribution in [0.5, 0.6) is 0 Å². The maximum absolute atomic E-state index is 4.65. The van der Waals surface area contributed by atoms with Crippen LogP contribution in [0.2, 0.25) is 0 Å². The van der Waals surface area contributed by atoms with E-state index in [1.165, 1.54) is 0 Å². The normalized spacial score (nSPS) is 9.86. The van der Waals surface area contributed by atoms with Crippen molar-refractivity contribution in [3.05, 3.63) is 35.7 Å². The van der Waals surface area contributed by atoms with Crippen molar-refractivity contribution < 1.29 is 0 Å². The molecule has 1 N–H and O–H groups in total. The molecule has 0 saturated heterocycles. The number of halogens is 1. The Morgan fingerprint density at radius 2 is 1.86 bits per heavy atom. The van der Waals surface area contributed by atoms with Gasteiger partial charge in [-0.2, -0.15) is 5.10 Å². The second-order valence-corrected chi connectivity index (χ2v) is 5.35. The maximum atomic E-state index is 4.65. The van der Waals surface area contributed by atoms with E-state index in [2.05, 4.69) is 32.3 Å². The van der Waals surface area contributed by atoms with Gasteiger partial charge in [0.15, 0.2) is 11.8 Å². The fourth-order valence-corrected chi connectivity index (χ4v) is 2.13. The summed E-state index contributed by atoms with van der Waals surface area (Å²) in [5.41, 5.74) is 2.14. The van der Waals surface area contributed by atoms with Gasteiger partial charge in [0, 0.05) is 33.8 Å². The van der Waals surface area contributed by atoms with Gasteiger partial charge in [-0.3, -0.25) is 5.10 Å². The van der Waals surface area contributed by atoms with Gasteiger partial charge in [-0.05, 0) is 18.6 Å². The Labute approximate surface area is 148 Å². The highest BCUT2D eigenvalue weighted by Gasteiger charge is 2.06. The van der Waals surface area contributed by atoms with Gasteiger partial charge < -0.3 is 9.80 Å². The Balaban J connectivity index is 0.00000242. The Bertz CT molecular complexity index is 622. The first-order chi connectivity index (χ1) is 9.97. The van der Waals surface area contributed by atoms with E-state index in [0.29, 0.717) is 6.54 Å². The average molecular weight is 414 g/mol. The third kappa shape index (κ3) is 4.69. The van der Waals surface area contributed by atoms with Crippen LogP contribution in [0.25, 0.3) is 11.4 Å². The van der Waals surface area contributed by atoms with E-state index >= 15 is 0 Å². The van der Waals surface area contributed by atoms with Crippen molar-refractivity contribution in [3.63, 3.8) is 0 Å². The molecule has 0 atom stereocenters. The molecule has 6 nitrogen and oxygen atoms in total. The van der Waals surface area contributed by atoms with Crippen molar-refractivity contribution in [2.75, 3.05) is 28.2 Å². The molecule has 2 aromatic rings. The zero-order valence-electron chi connectivity index (χ0n) is 13.7. The second-order valence-electron chi connectivity index (χ2n) is 5.35. The maximum Gasteiger partial charge on any atom is 0.195 e. The molecule has 1 heterocycles. The molecule has 0 fully saturated rings. The summed E-state index contributed by atoms with van der Waals surface area (Å²) < 4.78 is 0. The molecular formula is C15H23IN6. The molecular weight excluding hydrogens is 391 g/mol. The van der Waals surface area contributed by atoms with Gasteiger partial charge in [0.25, 0.3) is 0 Å². The van der Waals surface area contributed by atoms with Crippen molar-refractivity contribution in [2.45, 2.75) is 13.5 Å². The van der Waals surface area contributed by atoms with Gasteiger partial charge in [-0.15, -0.1) is 24.0 Å². The number of rotatable bonds is 3. The summed E-state index contributed by atoms with van der Waals surface area (Å²) in [5, 5.41) is 7.06. The molecule has 1 aromatic heterocycles. The number of aliphatic imine (C=N–C) groups is 1. The lowest BCUT2D eigenvalue weighted by atomic mass is 10.1. The molecule has 0 amide bonds. The molecule has 0 saturated carbocycles. The van der Waals surface area contributed by atoms with Crippen LogP contribution < -0.4 is 0 Å². The highest BCUT2D eigenvalue weighted by Crippen LogP contribution is 2.16. The van der Waals surface area contributed by atoms with Crippen LogP contribution in [0.3, 0.4) is 0 Å². The number of hydrogen-bond donors (Lipinski definition) is 1. The first kappa shape index (κ1) is 18.4. The van der Waals surface area contributed by atoms with Crippen molar-refractivity contribution in [1.29, 1.82) is 0 Å². The van der Waals surface area contributed by atoms with Crippen molar-refractivity contribution in [3.8, 4) is 11.4 Å². The number of aromatic amines is 1. The molecule has 2 rings (SSSR count). The Morgan fingerprint density at radius 1 is 1.18 bits per heavy atom. The fraction of sp³-hybridized carbons (Fsp3) is 0.400. The number of H-pyrrole nitrogens is 1. The predicted octanol–water partition coefficient (Wildman–Crippen LogP) is 2.38. The summed E-state index contributed by atoms with van der Waals surface area (Å²) >= 11 is 0. The van der Waals surface area contributed by atoms with Crippen LogP contribution in [0, 0.1) is 6.92 Å². The van der Waals surface area contributed by atoms with Crippen LogP contribution in [-0.2, 0) is 6.54 Å². The third-order valence-corrected chi connectivity index (χ3v) is 2.99. The number of guanidine groups is 1. The highest BCUT2D eigenvalue weighted by atomic mass is 127. The van der Waals surface area contributed by atoms with E-state index in [1.54, 1.807) is 0 Å². The molecule has 7 heteroatoms. The van der Waals surface area contributed by atoms with Crippen molar-refractivity contribution >= 4 is 29.9 Å². The molecule has 22 heavy (non-hydrogen) atoms. The van der Waals surface area contributed by atoms with Gasteiger partial charge in [0.05, 0.1) is 6.54 Å². The molecule has 0 bridgehead atoms. The van der Waals surface area contributed by atoms with E-state index in [-0.39, 0.29) is 24.0 Å². The van der Waals surface area contributed by atoms with Crippen LogP contribution >= 0.6 is 24.0 Å². The minimum Gasteiger partial charge on any atom is -0.349 e. The summed E-state index contributed by atoms with van der Waals surface area (Å²) in [6.45, 7) is 2.52. The minimum atomic E-state index is 0. The Morgan fingerprint density at radius 3 is 2.41 bits per heavy atom. The standard InChI is InChI=1S/C15H22N6.HI/c1-11-17-14(19-18-11)13-8-6-7-12(9-13)10-16-15(20(2)3)21(4)5;/h6-9H,10H2,1-5H3,(H,17,18,19);1H. The molecule has 0 spiro atoms. The summed E-state index contributed by atoms with van der Waals surface area (Å²) in [7, 11) is 7.97. The summed E-state index contributed by atoms with van der Waals surface area (Å²) in [6, 6.07) is 8.16. The molecule has 1 aromatic carbocycles. The topological polar surface area (TPSA) is 60.4 Å². The van der Waals surface area contributed by atoms with E-state index < -0.39 is 0 Å². The first-order valence-electron chi connectivity index (χ1n) is 6.85. The van der Waals surface area contributed by atoms with Crippen LogP contribution in [0.15, 0.2) is 29.3 Å². The molecule has 0 aliphatic carbocycles. The Kier molecular flexibility index (Phi) is 6.79. The summed E-state index contributed by atoms with van der Waals surface area (Å²) in [4.78, 5) is 13.0. The van der Waals surface area contributed by atoms with Gasteiger partial charge >= 0.3 is 0 Å². The SMILES string of the molecule is Cc1nc(-c2cccc(CN=C(N(C)C)N(C)C)c2)n[nH]1.I. The van der Waals surface area contributed by atoms with Crippen LogP contribution in [0.4, 0.5) is 0 Å². The van der Waals surface area contributed by atoms with Crippen molar-refractivity contribution in [2.24, 2.45) is 4.99 Å². The lowest BCUT2D eigenvalue weighted by molar-refractivity contribution is 0.479. The van der Waals surface area contributed by atoms with Gasteiger partial charge in [0.1, 0.15) is 5.82 Å². The number of benzene rings is 1. The summed E-state index contributed by atoms with van der Waals surface area (Å²) in [5.74, 6) is 2.48. The lowest BCUT2D eigenvalue weighted by Crippen LogP contribution is -2.35. The highest BCUT2D eigenvalue weighted by molar-refractivity contribution is 14.0. The summed E-state index contributed by atoms with van der Waals surface area (Å²) in [6.07, 6.45) is 0. The van der Waals surface area contributed by atoms with E-state index in [1.807, 2.05) is 57.0 Å². The second kappa shape index (κ2) is 8.11. The molecule has 0 radical (unpaired) electrons. The lowest BCUT2D eigenvalue weighted by Gasteiger charge is -2.22. The van der Waals surface area contributed by atoms with Gasteiger partial charge in [-0.25, -0.2) is 9.98 Å². The van der Waals surface area contributed by atoms with Gasteiger partial charge in [-0.1, -0.05) is 18.2 Å². The average Bonchev–Trinajstić information content (AvgIpc) is 2.85. The monoisotopic (exact) mass is 414 g/mol. The minimum absolute atomic E-state index is 0. The van der Waals surface area contributed by atoms with E-state index in [9.17, 15) is 0 Å². The number of aryl methyl sites for hydroxylation is 1. The quantitative estimate of drug-likeness (QED) is 0.476. The predicted molar refractivity (Wildman–Crippen MR) is 100 cm³/mol. The molecule has 0 aliphatic rings. The largest absolute Gasteiger partial charge is 0.349 e. The Hall–Kier alpha value is -1.64. The smallest absolute Gasteiger partial charge is 0.195 e. The van der Waals surface area contributed by atoms with Gasteiger partial charge in [0.2, 0.25) is 0 Å². The number of nitrogens with zero attached hydrogens (tertiary/aromatic N) is 5. The molecule has 120 valence electrons. The van der Waals surface area contributed by atoms with E-state index in [0.717, 1.165) is 28.7 Å². The zero-order chi connectivity index (χ0) is 15.4. The molecule has 0 aliphatic heterocycles. The first-order valence-corrected chi connectivity index (χ1v) is 6.85. The van der Waals surface area contributed by atoms with Crippen LogP contribution in [-0.4, -0.2) is 59.1 Å².